The van der Waals surface area contributed by atoms with Crippen molar-refractivity contribution in [3.05, 3.63) is 28.7 Å². The van der Waals surface area contributed by atoms with Gasteiger partial charge in [0.25, 0.3) is 5.91 Å². The highest BCUT2D eigenvalue weighted by Crippen LogP contribution is 2.37. The zero-order chi connectivity index (χ0) is 17.1. The smallest absolute Gasteiger partial charge is 0.280 e. The molecular weight excluding hydrogens is 348 g/mol. The van der Waals surface area contributed by atoms with Crippen molar-refractivity contribution in [2.45, 2.75) is 0 Å². The maximum atomic E-state index is 12.8. The van der Waals surface area contributed by atoms with Crippen molar-refractivity contribution in [3.63, 3.8) is 0 Å². The normalized spacial score (nSPS) is 20.8. The third-order valence-electron chi connectivity index (χ3n) is 3.76. The Hall–Kier alpha value is -1.61. The lowest BCUT2D eigenvalue weighted by atomic mass is 10.1. The summed E-state index contributed by atoms with van der Waals surface area (Å²) >= 11 is 6.68. The van der Waals surface area contributed by atoms with Gasteiger partial charge in [-0.05, 0) is 12.1 Å². The first-order valence-corrected chi connectivity index (χ1v) is 8.69. The number of carbonyl (C=O) groups is 1. The van der Waals surface area contributed by atoms with Gasteiger partial charge in [0, 0.05) is 18.7 Å². The maximum Gasteiger partial charge on any atom is 0.280 e. The van der Waals surface area contributed by atoms with E-state index in [-0.39, 0.29) is 5.91 Å². The quantitative estimate of drug-likeness (QED) is 0.598. The van der Waals surface area contributed by atoms with E-state index in [1.807, 2.05) is 23.2 Å². The highest BCUT2D eigenvalue weighted by atomic mass is 32.2. The second kappa shape index (κ2) is 7.52. The number of hydrazine groups is 1. The molecule has 2 heterocycles. The molecule has 1 amide bonds. The van der Waals surface area contributed by atoms with Crippen LogP contribution < -0.4 is 9.47 Å². The van der Waals surface area contributed by atoms with Gasteiger partial charge in [-0.25, -0.2) is 10.0 Å². The van der Waals surface area contributed by atoms with Crippen molar-refractivity contribution in [3.8, 4) is 11.5 Å². The van der Waals surface area contributed by atoms with Gasteiger partial charge in [-0.2, -0.15) is 0 Å². The molecular formula is C16H18N2O4S2. The van der Waals surface area contributed by atoms with E-state index in [0.29, 0.717) is 47.0 Å². The Bertz CT molecular complexity index is 687. The van der Waals surface area contributed by atoms with E-state index in [9.17, 15) is 4.79 Å². The second-order valence-corrected chi connectivity index (χ2v) is 6.82. The number of benzene rings is 1. The van der Waals surface area contributed by atoms with Crippen LogP contribution in [0.3, 0.4) is 0 Å². The van der Waals surface area contributed by atoms with Crippen molar-refractivity contribution in [2.75, 3.05) is 40.5 Å². The van der Waals surface area contributed by atoms with Gasteiger partial charge in [0.15, 0.2) is 15.8 Å². The minimum absolute atomic E-state index is 0.114. The summed E-state index contributed by atoms with van der Waals surface area (Å²) < 4.78 is 16.6. The van der Waals surface area contributed by atoms with Crippen LogP contribution in [0, 0.1) is 0 Å². The van der Waals surface area contributed by atoms with E-state index in [1.165, 1.54) is 11.8 Å². The predicted molar refractivity (Wildman–Crippen MR) is 97.0 cm³/mol. The van der Waals surface area contributed by atoms with Crippen LogP contribution >= 0.6 is 24.0 Å². The number of morpholine rings is 1. The fourth-order valence-electron chi connectivity index (χ4n) is 2.62. The Balaban J connectivity index is 1.89. The molecule has 0 radical (unpaired) electrons. The number of hydrogen-bond donors (Lipinski definition) is 0. The number of nitrogens with zero attached hydrogens (tertiary/aromatic N) is 2. The van der Waals surface area contributed by atoms with Crippen LogP contribution in [0.25, 0.3) is 6.08 Å². The van der Waals surface area contributed by atoms with Gasteiger partial charge in [-0.15, -0.1) is 0 Å². The molecule has 0 bridgehead atoms. The molecule has 0 saturated carbocycles. The summed E-state index contributed by atoms with van der Waals surface area (Å²) in [6.45, 7) is 2.50. The fraction of sp³-hybridized carbons (Fsp3) is 0.375. The molecule has 0 unspecified atom stereocenters. The Labute approximate surface area is 150 Å². The van der Waals surface area contributed by atoms with E-state index in [2.05, 4.69) is 0 Å². The SMILES string of the molecule is COc1cccc(/C=C2/SC(=S)N(N3CCOCC3)C2=O)c1OC. The van der Waals surface area contributed by atoms with Crippen LogP contribution in [-0.2, 0) is 9.53 Å². The summed E-state index contributed by atoms with van der Waals surface area (Å²) in [4.78, 5) is 13.3. The van der Waals surface area contributed by atoms with Crippen molar-refractivity contribution in [1.82, 2.24) is 10.0 Å². The number of methoxy groups -OCH3 is 2. The molecule has 1 aromatic rings. The number of carbonyl (C=O) groups excluding carboxylic acids is 1. The minimum Gasteiger partial charge on any atom is -0.493 e. The molecule has 2 fully saturated rings. The number of rotatable bonds is 4. The number of thioether (sulfide) groups is 1. The number of thiocarbonyl (C=S) groups is 1. The molecule has 0 aliphatic carbocycles. The van der Waals surface area contributed by atoms with Gasteiger partial charge in [0.2, 0.25) is 0 Å². The molecule has 1 aromatic carbocycles. The van der Waals surface area contributed by atoms with Crippen LogP contribution in [0.5, 0.6) is 11.5 Å². The average Bonchev–Trinajstić information content (AvgIpc) is 2.89. The Morgan fingerprint density at radius 2 is 2.00 bits per heavy atom. The number of hydrogen-bond acceptors (Lipinski definition) is 7. The highest BCUT2D eigenvalue weighted by Gasteiger charge is 2.37. The van der Waals surface area contributed by atoms with Crippen LogP contribution in [-0.4, -0.2) is 60.8 Å². The van der Waals surface area contributed by atoms with Gasteiger partial charge in [-0.1, -0.05) is 36.1 Å². The summed E-state index contributed by atoms with van der Waals surface area (Å²) in [7, 11) is 3.16. The van der Waals surface area contributed by atoms with Crippen molar-refractivity contribution < 1.29 is 19.0 Å². The molecule has 8 heteroatoms. The third-order valence-corrected chi connectivity index (χ3v) is 5.05. The van der Waals surface area contributed by atoms with E-state index >= 15 is 0 Å². The molecule has 6 nitrogen and oxygen atoms in total. The third kappa shape index (κ3) is 3.27. The molecule has 0 N–H and O–H groups in total. The summed E-state index contributed by atoms with van der Waals surface area (Å²) in [5, 5.41) is 3.51. The lowest BCUT2D eigenvalue weighted by Crippen LogP contribution is -2.50. The van der Waals surface area contributed by atoms with E-state index < -0.39 is 0 Å². The van der Waals surface area contributed by atoms with Gasteiger partial charge in [0.05, 0.1) is 32.3 Å². The van der Waals surface area contributed by atoms with Crippen LogP contribution in [0.1, 0.15) is 5.56 Å². The lowest BCUT2D eigenvalue weighted by molar-refractivity contribution is -0.138. The number of ether oxygens (including phenoxy) is 3. The van der Waals surface area contributed by atoms with Crippen molar-refractivity contribution in [2.24, 2.45) is 0 Å². The predicted octanol–water partition coefficient (Wildman–Crippen LogP) is 2.15. The van der Waals surface area contributed by atoms with E-state index in [1.54, 1.807) is 25.3 Å². The van der Waals surface area contributed by atoms with Gasteiger partial charge in [-0.3, -0.25) is 4.79 Å². The first kappa shape index (κ1) is 17.2. The molecule has 24 heavy (non-hydrogen) atoms. The maximum absolute atomic E-state index is 12.8. The molecule has 0 spiro atoms. The van der Waals surface area contributed by atoms with E-state index in [0.717, 1.165) is 5.56 Å². The molecule has 3 rings (SSSR count). The first-order chi connectivity index (χ1) is 11.7. The summed E-state index contributed by atoms with van der Waals surface area (Å²) in [5.41, 5.74) is 0.777. The summed E-state index contributed by atoms with van der Waals surface area (Å²) in [6, 6.07) is 5.55. The van der Waals surface area contributed by atoms with Crippen molar-refractivity contribution in [1.29, 1.82) is 0 Å². The minimum atomic E-state index is -0.114. The zero-order valence-corrected chi connectivity index (χ0v) is 15.1. The molecule has 2 saturated heterocycles. The molecule has 128 valence electrons. The van der Waals surface area contributed by atoms with Crippen LogP contribution in [0.15, 0.2) is 23.1 Å². The van der Waals surface area contributed by atoms with Crippen LogP contribution in [0.2, 0.25) is 0 Å². The summed E-state index contributed by atoms with van der Waals surface area (Å²) in [5.74, 6) is 1.10. The molecule has 0 atom stereocenters. The summed E-state index contributed by atoms with van der Waals surface area (Å²) in [6.07, 6.45) is 1.79. The monoisotopic (exact) mass is 366 g/mol. The van der Waals surface area contributed by atoms with Gasteiger partial charge >= 0.3 is 0 Å². The van der Waals surface area contributed by atoms with Gasteiger partial charge < -0.3 is 14.2 Å². The van der Waals surface area contributed by atoms with Gasteiger partial charge in [0.1, 0.15) is 0 Å². The Morgan fingerprint density at radius 3 is 2.67 bits per heavy atom. The Kier molecular flexibility index (Phi) is 5.40. The number of para-hydroxylation sites is 1. The fourth-order valence-corrected chi connectivity index (χ4v) is 3.92. The highest BCUT2D eigenvalue weighted by molar-refractivity contribution is 8.26. The zero-order valence-electron chi connectivity index (χ0n) is 13.5. The second-order valence-electron chi connectivity index (χ2n) is 5.14. The average molecular weight is 366 g/mol. The lowest BCUT2D eigenvalue weighted by Gasteiger charge is -2.33. The Morgan fingerprint density at radius 1 is 1.25 bits per heavy atom. The van der Waals surface area contributed by atoms with E-state index in [4.69, 9.17) is 26.4 Å². The standard InChI is InChI=1S/C16H18N2O4S2/c1-20-12-5-3-4-11(14(12)21-2)10-13-15(19)18(16(23)24-13)17-6-8-22-9-7-17/h3-5,10H,6-9H2,1-2H3/b13-10+. The largest absolute Gasteiger partial charge is 0.493 e. The first-order valence-electron chi connectivity index (χ1n) is 7.47. The topological polar surface area (TPSA) is 51.2 Å². The molecule has 2 aliphatic rings. The van der Waals surface area contributed by atoms with Crippen molar-refractivity contribution >= 4 is 40.3 Å². The molecule has 2 aliphatic heterocycles. The van der Waals surface area contributed by atoms with Crippen LogP contribution in [0.4, 0.5) is 0 Å². The number of amides is 1. The molecule has 0 aromatic heterocycles.